The van der Waals surface area contributed by atoms with Gasteiger partial charge >= 0.3 is 0 Å². The van der Waals surface area contributed by atoms with Crippen molar-refractivity contribution < 1.29 is 4.79 Å². The summed E-state index contributed by atoms with van der Waals surface area (Å²) in [5.41, 5.74) is 3.24. The molecule has 1 aliphatic heterocycles. The van der Waals surface area contributed by atoms with Gasteiger partial charge in [0.2, 0.25) is 5.91 Å². The number of likely N-dealkylation sites (tertiary alicyclic amines) is 1. The van der Waals surface area contributed by atoms with Crippen LogP contribution in [0, 0.1) is 0 Å². The smallest absolute Gasteiger partial charge is 0.236 e. The van der Waals surface area contributed by atoms with Crippen LogP contribution in [0.25, 0.3) is 0 Å². The normalized spacial score (nSPS) is 15.0. The number of hydrogen-bond acceptors (Lipinski definition) is 6. The first-order chi connectivity index (χ1) is 9.19. The van der Waals surface area contributed by atoms with E-state index in [1.165, 1.54) is 0 Å². The van der Waals surface area contributed by atoms with E-state index in [2.05, 4.69) is 15.4 Å². The van der Waals surface area contributed by atoms with Gasteiger partial charge in [-0.25, -0.2) is 10.8 Å². The zero-order valence-electron chi connectivity index (χ0n) is 11.2. The highest BCUT2D eigenvalue weighted by Crippen LogP contribution is 2.08. The Hall–Kier alpha value is -1.73. The van der Waals surface area contributed by atoms with Crippen LogP contribution in [0.3, 0.4) is 0 Å². The number of carbonyl (C=O) groups is 1. The van der Waals surface area contributed by atoms with Crippen LogP contribution in [0.4, 0.5) is 5.82 Å². The number of likely N-dealkylation sites (N-methyl/N-ethyl adjacent to an activating group) is 1. The van der Waals surface area contributed by atoms with Gasteiger partial charge in [0.1, 0.15) is 0 Å². The Morgan fingerprint density at radius 3 is 2.74 bits per heavy atom. The van der Waals surface area contributed by atoms with Crippen LogP contribution in [0.5, 0.6) is 0 Å². The molecule has 104 valence electrons. The van der Waals surface area contributed by atoms with E-state index in [9.17, 15) is 4.79 Å². The van der Waals surface area contributed by atoms with Crippen LogP contribution in [0.2, 0.25) is 0 Å². The van der Waals surface area contributed by atoms with Gasteiger partial charge in [-0.15, -0.1) is 0 Å². The zero-order valence-corrected chi connectivity index (χ0v) is 11.2. The SMILES string of the molecule is CN(CC(=O)N1CCCC1)Cc1cnc(NN)cn1. The molecule has 0 radical (unpaired) electrons. The maximum absolute atomic E-state index is 12.0. The fraction of sp³-hybridized carbons (Fsp3) is 0.583. The van der Waals surface area contributed by atoms with E-state index in [0.717, 1.165) is 31.6 Å². The first kappa shape index (κ1) is 13.7. The van der Waals surface area contributed by atoms with Gasteiger partial charge in [0, 0.05) is 19.6 Å². The van der Waals surface area contributed by atoms with E-state index in [1.807, 2.05) is 16.8 Å². The molecule has 1 amide bonds. The third-order valence-corrected chi connectivity index (χ3v) is 3.15. The number of amides is 1. The van der Waals surface area contributed by atoms with Gasteiger partial charge in [0.15, 0.2) is 5.82 Å². The summed E-state index contributed by atoms with van der Waals surface area (Å²) >= 11 is 0. The lowest BCUT2D eigenvalue weighted by Gasteiger charge is -2.20. The van der Waals surface area contributed by atoms with Crippen LogP contribution >= 0.6 is 0 Å². The number of carbonyl (C=O) groups excluding carboxylic acids is 1. The third-order valence-electron chi connectivity index (χ3n) is 3.15. The summed E-state index contributed by atoms with van der Waals surface area (Å²) in [6.07, 6.45) is 5.47. The van der Waals surface area contributed by atoms with E-state index in [0.29, 0.717) is 18.9 Å². The fourth-order valence-corrected chi connectivity index (χ4v) is 2.14. The Labute approximate surface area is 112 Å². The average molecular weight is 264 g/mol. The van der Waals surface area contributed by atoms with Crippen molar-refractivity contribution in [2.45, 2.75) is 19.4 Å². The van der Waals surface area contributed by atoms with Crippen LogP contribution in [-0.2, 0) is 11.3 Å². The van der Waals surface area contributed by atoms with E-state index in [4.69, 9.17) is 5.84 Å². The largest absolute Gasteiger partial charge is 0.342 e. The molecule has 19 heavy (non-hydrogen) atoms. The summed E-state index contributed by atoms with van der Waals surface area (Å²) in [6, 6.07) is 0. The van der Waals surface area contributed by atoms with E-state index in [-0.39, 0.29) is 5.91 Å². The first-order valence-electron chi connectivity index (χ1n) is 6.43. The second-order valence-corrected chi connectivity index (χ2v) is 4.80. The third kappa shape index (κ3) is 3.87. The summed E-state index contributed by atoms with van der Waals surface area (Å²) in [4.78, 5) is 24.1. The minimum atomic E-state index is 0.188. The molecule has 1 aliphatic rings. The van der Waals surface area contributed by atoms with Crippen molar-refractivity contribution in [3.8, 4) is 0 Å². The van der Waals surface area contributed by atoms with Crippen molar-refractivity contribution in [1.82, 2.24) is 19.8 Å². The molecular weight excluding hydrogens is 244 g/mol. The summed E-state index contributed by atoms with van der Waals surface area (Å²) in [6.45, 7) is 2.79. The maximum Gasteiger partial charge on any atom is 0.236 e. The summed E-state index contributed by atoms with van der Waals surface area (Å²) < 4.78 is 0. The summed E-state index contributed by atoms with van der Waals surface area (Å²) in [5, 5.41) is 0. The lowest BCUT2D eigenvalue weighted by Crippen LogP contribution is -2.37. The van der Waals surface area contributed by atoms with E-state index < -0.39 is 0 Å². The fourth-order valence-electron chi connectivity index (χ4n) is 2.14. The molecule has 3 N–H and O–H groups in total. The highest BCUT2D eigenvalue weighted by molar-refractivity contribution is 5.78. The second-order valence-electron chi connectivity index (χ2n) is 4.80. The highest BCUT2D eigenvalue weighted by atomic mass is 16.2. The molecule has 2 rings (SSSR count). The Morgan fingerprint density at radius 2 is 2.16 bits per heavy atom. The number of hydrazine groups is 1. The molecule has 0 bridgehead atoms. The van der Waals surface area contributed by atoms with Crippen molar-refractivity contribution in [1.29, 1.82) is 0 Å². The van der Waals surface area contributed by atoms with Gasteiger partial charge in [0.25, 0.3) is 0 Å². The quantitative estimate of drug-likeness (QED) is 0.566. The van der Waals surface area contributed by atoms with E-state index >= 15 is 0 Å². The molecule has 0 aromatic carbocycles. The maximum atomic E-state index is 12.0. The summed E-state index contributed by atoms with van der Waals surface area (Å²) in [5.74, 6) is 5.94. The molecule has 0 aliphatic carbocycles. The number of nitrogens with zero attached hydrogens (tertiary/aromatic N) is 4. The van der Waals surface area contributed by atoms with Gasteiger partial charge in [0.05, 0.1) is 24.6 Å². The zero-order chi connectivity index (χ0) is 13.7. The Morgan fingerprint density at radius 1 is 1.42 bits per heavy atom. The average Bonchev–Trinajstić information content (AvgIpc) is 2.93. The molecule has 0 atom stereocenters. The number of nitrogens with two attached hydrogens (primary N) is 1. The molecule has 0 saturated carbocycles. The Kier molecular flexibility index (Phi) is 4.64. The highest BCUT2D eigenvalue weighted by Gasteiger charge is 2.19. The van der Waals surface area contributed by atoms with Gasteiger partial charge < -0.3 is 10.3 Å². The molecule has 7 nitrogen and oxygen atoms in total. The van der Waals surface area contributed by atoms with Gasteiger partial charge in [-0.1, -0.05) is 0 Å². The van der Waals surface area contributed by atoms with Crippen LogP contribution in [0.1, 0.15) is 18.5 Å². The number of anilines is 1. The van der Waals surface area contributed by atoms with Crippen molar-refractivity contribution in [3.63, 3.8) is 0 Å². The molecule has 7 heteroatoms. The molecule has 1 fully saturated rings. The standard InChI is InChI=1S/C12H20N6O/c1-17(9-12(19)18-4-2-3-5-18)8-10-6-15-11(16-13)7-14-10/h6-7H,2-5,8-9,13H2,1H3,(H,15,16). The van der Waals surface area contributed by atoms with Crippen LogP contribution in [-0.4, -0.2) is 52.4 Å². The Bertz CT molecular complexity index is 415. The van der Waals surface area contributed by atoms with Crippen LogP contribution < -0.4 is 11.3 Å². The molecule has 1 aromatic rings. The molecule has 1 saturated heterocycles. The number of aromatic nitrogens is 2. The molecule has 0 unspecified atom stereocenters. The predicted molar refractivity (Wildman–Crippen MR) is 72.0 cm³/mol. The monoisotopic (exact) mass is 264 g/mol. The minimum absolute atomic E-state index is 0.188. The number of rotatable bonds is 5. The van der Waals surface area contributed by atoms with Crippen molar-refractivity contribution in [2.75, 3.05) is 32.1 Å². The second kappa shape index (κ2) is 6.44. The topological polar surface area (TPSA) is 87.4 Å². The lowest BCUT2D eigenvalue weighted by molar-refractivity contribution is -0.131. The van der Waals surface area contributed by atoms with Crippen molar-refractivity contribution in [2.24, 2.45) is 5.84 Å². The molecule has 1 aromatic heterocycles. The Balaban J connectivity index is 1.82. The molecular formula is C12H20N6O. The molecule has 2 heterocycles. The van der Waals surface area contributed by atoms with Gasteiger partial charge in [-0.3, -0.25) is 14.7 Å². The molecule has 0 spiro atoms. The number of nitrogens with one attached hydrogen (secondary N) is 1. The number of hydrogen-bond donors (Lipinski definition) is 2. The first-order valence-corrected chi connectivity index (χ1v) is 6.43. The van der Waals surface area contributed by atoms with E-state index in [1.54, 1.807) is 12.4 Å². The van der Waals surface area contributed by atoms with Gasteiger partial charge in [-0.05, 0) is 19.9 Å². The van der Waals surface area contributed by atoms with Crippen molar-refractivity contribution >= 4 is 11.7 Å². The predicted octanol–water partition coefficient (Wildman–Crippen LogP) is -0.184. The number of nitrogen functional groups attached to an aromatic ring is 1. The lowest BCUT2D eigenvalue weighted by atomic mass is 10.4. The van der Waals surface area contributed by atoms with Gasteiger partial charge in [-0.2, -0.15) is 0 Å². The minimum Gasteiger partial charge on any atom is -0.342 e. The van der Waals surface area contributed by atoms with Crippen LogP contribution in [0.15, 0.2) is 12.4 Å². The van der Waals surface area contributed by atoms with Crippen molar-refractivity contribution in [3.05, 3.63) is 18.1 Å². The summed E-state index contributed by atoms with van der Waals surface area (Å²) in [7, 11) is 1.91.